The molecule has 0 saturated carbocycles. The highest BCUT2D eigenvalue weighted by molar-refractivity contribution is 5.98. The van der Waals surface area contributed by atoms with E-state index in [9.17, 15) is 4.79 Å². The van der Waals surface area contributed by atoms with Crippen LogP contribution in [0.1, 0.15) is 36.7 Å². The fourth-order valence-corrected chi connectivity index (χ4v) is 2.02. The zero-order valence-electron chi connectivity index (χ0n) is 9.07. The van der Waals surface area contributed by atoms with E-state index in [0.717, 1.165) is 38.0 Å². The summed E-state index contributed by atoms with van der Waals surface area (Å²) in [5, 5.41) is 7.39. The van der Waals surface area contributed by atoms with Crippen LogP contribution < -0.4 is 5.32 Å². The number of rotatable bonds is 4. The molecule has 1 fully saturated rings. The van der Waals surface area contributed by atoms with Crippen molar-refractivity contribution in [1.82, 2.24) is 15.1 Å². The summed E-state index contributed by atoms with van der Waals surface area (Å²) < 4.78 is 1.81. The van der Waals surface area contributed by atoms with E-state index < -0.39 is 0 Å². The summed E-state index contributed by atoms with van der Waals surface area (Å²) in [6, 6.07) is 1.83. The third kappa shape index (κ3) is 2.09. The average molecular weight is 207 g/mol. The van der Waals surface area contributed by atoms with Crippen molar-refractivity contribution in [3.05, 3.63) is 18.0 Å². The first kappa shape index (κ1) is 10.4. The van der Waals surface area contributed by atoms with Crippen molar-refractivity contribution in [3.63, 3.8) is 0 Å². The Morgan fingerprint density at radius 3 is 3.27 bits per heavy atom. The minimum atomic E-state index is 0.0114. The molecule has 15 heavy (non-hydrogen) atoms. The minimum absolute atomic E-state index is 0.0114. The fraction of sp³-hybridized carbons (Fsp3) is 0.636. The van der Waals surface area contributed by atoms with Gasteiger partial charge in [0.25, 0.3) is 0 Å². The van der Waals surface area contributed by atoms with Gasteiger partial charge < -0.3 is 5.32 Å². The predicted molar refractivity (Wildman–Crippen MR) is 57.9 cm³/mol. The van der Waals surface area contributed by atoms with Crippen molar-refractivity contribution in [1.29, 1.82) is 0 Å². The average Bonchev–Trinajstić information content (AvgIpc) is 2.87. The number of nitrogens with one attached hydrogen (secondary N) is 1. The molecule has 1 aromatic rings. The van der Waals surface area contributed by atoms with E-state index in [1.807, 2.05) is 10.7 Å². The highest BCUT2D eigenvalue weighted by Crippen LogP contribution is 2.12. The summed E-state index contributed by atoms with van der Waals surface area (Å²) in [5.41, 5.74) is 0.747. The molecule has 1 unspecified atom stereocenters. The monoisotopic (exact) mass is 207 g/mol. The molecule has 0 amide bonds. The summed E-state index contributed by atoms with van der Waals surface area (Å²) in [4.78, 5) is 12.1. The zero-order valence-corrected chi connectivity index (χ0v) is 9.07. The Bertz CT molecular complexity index is 339. The Morgan fingerprint density at radius 1 is 1.73 bits per heavy atom. The SMILES string of the molecule is CCCn1nccc1C(=O)C1CCCN1. The van der Waals surface area contributed by atoms with Crippen LogP contribution >= 0.6 is 0 Å². The van der Waals surface area contributed by atoms with Gasteiger partial charge in [-0.3, -0.25) is 9.48 Å². The number of carbonyl (C=O) groups is 1. The summed E-state index contributed by atoms with van der Waals surface area (Å²) in [6.45, 7) is 3.86. The number of ketones is 1. The summed E-state index contributed by atoms with van der Waals surface area (Å²) >= 11 is 0. The van der Waals surface area contributed by atoms with Gasteiger partial charge in [0.2, 0.25) is 0 Å². The Morgan fingerprint density at radius 2 is 2.60 bits per heavy atom. The quantitative estimate of drug-likeness (QED) is 0.755. The topological polar surface area (TPSA) is 46.9 Å². The smallest absolute Gasteiger partial charge is 0.197 e. The lowest BCUT2D eigenvalue weighted by Crippen LogP contribution is -2.32. The molecule has 4 heteroatoms. The first-order valence-corrected chi connectivity index (χ1v) is 5.62. The molecule has 1 N–H and O–H groups in total. The molecule has 1 aromatic heterocycles. The lowest BCUT2D eigenvalue weighted by Gasteiger charge is -2.10. The van der Waals surface area contributed by atoms with E-state index in [-0.39, 0.29) is 11.8 Å². The maximum absolute atomic E-state index is 12.1. The third-order valence-electron chi connectivity index (χ3n) is 2.78. The number of aryl methyl sites for hydroxylation is 1. The van der Waals surface area contributed by atoms with Crippen LogP contribution in [0.4, 0.5) is 0 Å². The normalized spacial score (nSPS) is 20.7. The molecule has 1 aliphatic rings. The lowest BCUT2D eigenvalue weighted by atomic mass is 10.1. The van der Waals surface area contributed by atoms with Gasteiger partial charge in [-0.15, -0.1) is 0 Å². The number of nitrogens with zero attached hydrogens (tertiary/aromatic N) is 2. The van der Waals surface area contributed by atoms with Crippen LogP contribution in [0.5, 0.6) is 0 Å². The second-order valence-corrected chi connectivity index (χ2v) is 3.95. The van der Waals surface area contributed by atoms with Crippen LogP contribution in [0.15, 0.2) is 12.3 Å². The van der Waals surface area contributed by atoms with E-state index in [2.05, 4.69) is 17.3 Å². The maximum Gasteiger partial charge on any atom is 0.197 e. The summed E-state index contributed by atoms with van der Waals surface area (Å²) in [7, 11) is 0. The summed E-state index contributed by atoms with van der Waals surface area (Å²) in [6.07, 6.45) is 4.76. The maximum atomic E-state index is 12.1. The van der Waals surface area contributed by atoms with Crippen LogP contribution in [-0.2, 0) is 6.54 Å². The largest absolute Gasteiger partial charge is 0.307 e. The molecule has 1 saturated heterocycles. The van der Waals surface area contributed by atoms with E-state index >= 15 is 0 Å². The van der Waals surface area contributed by atoms with Gasteiger partial charge in [0.15, 0.2) is 5.78 Å². The molecule has 0 aromatic carbocycles. The van der Waals surface area contributed by atoms with Crippen molar-refractivity contribution < 1.29 is 4.79 Å². The predicted octanol–water partition coefficient (Wildman–Crippen LogP) is 1.23. The molecule has 82 valence electrons. The van der Waals surface area contributed by atoms with Gasteiger partial charge in [0, 0.05) is 12.7 Å². The van der Waals surface area contributed by atoms with Crippen molar-refractivity contribution in [2.24, 2.45) is 0 Å². The van der Waals surface area contributed by atoms with Gasteiger partial charge in [-0.2, -0.15) is 5.10 Å². The van der Waals surface area contributed by atoms with Crippen LogP contribution in [0, 0.1) is 0 Å². The molecule has 0 spiro atoms. The Balaban J connectivity index is 2.13. The Hall–Kier alpha value is -1.16. The van der Waals surface area contributed by atoms with Gasteiger partial charge in [0.1, 0.15) is 5.69 Å². The van der Waals surface area contributed by atoms with Crippen molar-refractivity contribution in [2.75, 3.05) is 6.54 Å². The first-order valence-electron chi connectivity index (χ1n) is 5.62. The molecule has 0 aliphatic carbocycles. The fourth-order valence-electron chi connectivity index (χ4n) is 2.02. The van der Waals surface area contributed by atoms with Gasteiger partial charge >= 0.3 is 0 Å². The standard InChI is InChI=1S/C11H17N3O/c1-2-8-14-10(5-7-13-14)11(15)9-4-3-6-12-9/h5,7,9,12H,2-4,6,8H2,1H3. The number of aromatic nitrogens is 2. The van der Waals surface area contributed by atoms with Gasteiger partial charge in [-0.05, 0) is 31.9 Å². The van der Waals surface area contributed by atoms with E-state index in [1.165, 1.54) is 0 Å². The number of hydrogen-bond donors (Lipinski definition) is 1. The van der Waals surface area contributed by atoms with E-state index in [0.29, 0.717) is 0 Å². The molecular weight excluding hydrogens is 190 g/mol. The van der Waals surface area contributed by atoms with Crippen LogP contribution in [0.25, 0.3) is 0 Å². The number of hydrogen-bond acceptors (Lipinski definition) is 3. The molecule has 1 atom stereocenters. The highest BCUT2D eigenvalue weighted by Gasteiger charge is 2.25. The van der Waals surface area contributed by atoms with Gasteiger partial charge in [0.05, 0.1) is 6.04 Å². The highest BCUT2D eigenvalue weighted by atomic mass is 16.1. The molecule has 2 heterocycles. The molecule has 2 rings (SSSR count). The van der Waals surface area contributed by atoms with Crippen LogP contribution in [0.2, 0.25) is 0 Å². The zero-order chi connectivity index (χ0) is 10.7. The second-order valence-electron chi connectivity index (χ2n) is 3.95. The van der Waals surface area contributed by atoms with Crippen molar-refractivity contribution in [3.8, 4) is 0 Å². The van der Waals surface area contributed by atoms with Crippen molar-refractivity contribution >= 4 is 5.78 Å². The van der Waals surface area contributed by atoms with E-state index in [1.54, 1.807) is 6.20 Å². The Kier molecular flexibility index (Phi) is 3.16. The van der Waals surface area contributed by atoms with Crippen LogP contribution in [0.3, 0.4) is 0 Å². The lowest BCUT2D eigenvalue weighted by molar-refractivity contribution is 0.0941. The molecule has 1 aliphatic heterocycles. The molecule has 0 radical (unpaired) electrons. The number of Topliss-reactive ketones (excluding diaryl/α,β-unsaturated/α-hetero) is 1. The molecule has 0 bridgehead atoms. The van der Waals surface area contributed by atoms with Crippen LogP contribution in [-0.4, -0.2) is 28.2 Å². The van der Waals surface area contributed by atoms with E-state index in [4.69, 9.17) is 0 Å². The summed E-state index contributed by atoms with van der Waals surface area (Å²) in [5.74, 6) is 0.193. The third-order valence-corrected chi connectivity index (χ3v) is 2.78. The Labute approximate surface area is 89.7 Å². The van der Waals surface area contributed by atoms with Gasteiger partial charge in [-0.1, -0.05) is 6.92 Å². The van der Waals surface area contributed by atoms with Gasteiger partial charge in [-0.25, -0.2) is 0 Å². The first-order chi connectivity index (χ1) is 7.33. The minimum Gasteiger partial charge on any atom is -0.307 e. The number of carbonyl (C=O) groups excluding carboxylic acids is 1. The second kappa shape index (κ2) is 4.57. The van der Waals surface area contributed by atoms with Crippen molar-refractivity contribution in [2.45, 2.75) is 38.8 Å². The molecule has 4 nitrogen and oxygen atoms in total. The molecular formula is C11H17N3O.